The second-order valence-electron chi connectivity index (χ2n) is 9.00. The highest BCUT2D eigenvalue weighted by Gasteiger charge is 2.40. The normalized spacial score (nSPS) is 18.9. The predicted molar refractivity (Wildman–Crippen MR) is 131 cm³/mol. The molecule has 5 rings (SSSR count). The Morgan fingerprint density at radius 1 is 1.15 bits per heavy atom. The molecule has 0 amide bonds. The Bertz CT molecular complexity index is 1170. The van der Waals surface area contributed by atoms with Crippen LogP contribution in [0, 0.1) is 5.41 Å². The second kappa shape index (κ2) is 9.30. The van der Waals surface area contributed by atoms with E-state index in [9.17, 15) is 0 Å². The molecule has 1 saturated carbocycles. The van der Waals surface area contributed by atoms with E-state index < -0.39 is 0 Å². The summed E-state index contributed by atoms with van der Waals surface area (Å²) in [4.78, 5) is 10.9. The quantitative estimate of drug-likeness (QED) is 0.391. The third-order valence-corrected chi connectivity index (χ3v) is 6.16. The van der Waals surface area contributed by atoms with Gasteiger partial charge in [-0.1, -0.05) is 18.2 Å². The van der Waals surface area contributed by atoms with Gasteiger partial charge in [0.1, 0.15) is 42.0 Å². The number of benzene rings is 2. The maximum Gasteiger partial charge on any atom is 0.132 e. The maximum atomic E-state index is 8.78. The van der Waals surface area contributed by atoms with E-state index in [0.29, 0.717) is 43.2 Å². The summed E-state index contributed by atoms with van der Waals surface area (Å²) in [5.74, 6) is 2.29. The largest absolute Gasteiger partial charge is 0.491 e. The van der Waals surface area contributed by atoms with Crippen molar-refractivity contribution in [2.24, 2.45) is 0 Å². The van der Waals surface area contributed by atoms with E-state index >= 15 is 0 Å². The van der Waals surface area contributed by atoms with Crippen LogP contribution in [0.5, 0.6) is 11.5 Å². The minimum atomic E-state index is -0.102. The molecule has 0 bridgehead atoms. The minimum Gasteiger partial charge on any atom is -0.491 e. The number of morpholine rings is 1. The number of nitrogen functional groups attached to an aromatic ring is 1. The monoisotopic (exact) mass is 459 g/mol. The van der Waals surface area contributed by atoms with Crippen LogP contribution in [0.2, 0.25) is 0 Å². The first-order valence-electron chi connectivity index (χ1n) is 11.5. The molecule has 1 saturated heterocycles. The van der Waals surface area contributed by atoms with Crippen molar-refractivity contribution in [1.82, 2.24) is 9.97 Å². The Hall–Kier alpha value is -3.65. The number of nitrogens with two attached hydrogens (primary N) is 1. The highest BCUT2D eigenvalue weighted by molar-refractivity contribution is 6.13. The van der Waals surface area contributed by atoms with Crippen molar-refractivity contribution in [3.05, 3.63) is 72.2 Å². The first kappa shape index (κ1) is 22.2. The van der Waals surface area contributed by atoms with E-state index in [4.69, 9.17) is 25.4 Å². The molecule has 0 radical (unpaired) electrons. The fourth-order valence-electron chi connectivity index (χ4n) is 3.91. The van der Waals surface area contributed by atoms with Gasteiger partial charge >= 0.3 is 0 Å². The van der Waals surface area contributed by atoms with Gasteiger partial charge in [-0.25, -0.2) is 9.97 Å². The van der Waals surface area contributed by atoms with Crippen molar-refractivity contribution in [3.8, 4) is 11.5 Å². The molecule has 1 aromatic heterocycles. The maximum absolute atomic E-state index is 8.78. The van der Waals surface area contributed by atoms with E-state index in [1.807, 2.05) is 48.5 Å². The van der Waals surface area contributed by atoms with Gasteiger partial charge in [-0.2, -0.15) is 0 Å². The van der Waals surface area contributed by atoms with Crippen molar-refractivity contribution in [1.29, 1.82) is 5.41 Å². The zero-order chi connectivity index (χ0) is 23.5. The van der Waals surface area contributed by atoms with E-state index in [-0.39, 0.29) is 17.4 Å². The Morgan fingerprint density at radius 2 is 1.97 bits per heavy atom. The Kier molecular flexibility index (Phi) is 6.06. The van der Waals surface area contributed by atoms with Gasteiger partial charge in [-0.15, -0.1) is 0 Å². The van der Waals surface area contributed by atoms with Crippen LogP contribution in [0.3, 0.4) is 0 Å². The Balaban J connectivity index is 1.28. The topological polar surface area (TPSA) is 107 Å². The van der Waals surface area contributed by atoms with Crippen LogP contribution in [-0.4, -0.2) is 53.7 Å². The highest BCUT2D eigenvalue weighted by Crippen LogP contribution is 2.40. The number of nitrogens with one attached hydrogen (secondary N) is 1. The molecule has 2 heterocycles. The van der Waals surface area contributed by atoms with Gasteiger partial charge < -0.3 is 24.8 Å². The molecule has 8 nitrogen and oxygen atoms in total. The van der Waals surface area contributed by atoms with Gasteiger partial charge in [0.15, 0.2) is 0 Å². The Morgan fingerprint density at radius 3 is 2.76 bits per heavy atom. The molecule has 34 heavy (non-hydrogen) atoms. The van der Waals surface area contributed by atoms with Gasteiger partial charge in [-0.05, 0) is 50.1 Å². The summed E-state index contributed by atoms with van der Waals surface area (Å²) in [5.41, 5.74) is 7.97. The summed E-state index contributed by atoms with van der Waals surface area (Å²) in [5, 5.41) is 8.78. The van der Waals surface area contributed by atoms with Crippen molar-refractivity contribution in [2.45, 2.75) is 31.5 Å². The van der Waals surface area contributed by atoms with E-state index in [1.165, 1.54) is 6.33 Å². The van der Waals surface area contributed by atoms with Crippen LogP contribution in [0.15, 0.2) is 60.9 Å². The van der Waals surface area contributed by atoms with Crippen molar-refractivity contribution >= 4 is 17.2 Å². The summed E-state index contributed by atoms with van der Waals surface area (Å²) >= 11 is 0. The summed E-state index contributed by atoms with van der Waals surface area (Å²) < 4.78 is 17.8. The number of hydrogen-bond donors (Lipinski definition) is 2. The third kappa shape index (κ3) is 5.12. The lowest BCUT2D eigenvalue weighted by molar-refractivity contribution is 0.0100. The van der Waals surface area contributed by atoms with Crippen molar-refractivity contribution in [3.63, 3.8) is 0 Å². The van der Waals surface area contributed by atoms with Crippen LogP contribution >= 0.6 is 0 Å². The van der Waals surface area contributed by atoms with Crippen LogP contribution < -0.4 is 20.1 Å². The third-order valence-electron chi connectivity index (χ3n) is 6.16. The molecular weight excluding hydrogens is 430 g/mol. The molecule has 1 atom stereocenters. The van der Waals surface area contributed by atoms with Crippen molar-refractivity contribution in [2.75, 3.05) is 36.9 Å². The number of anilines is 2. The molecular formula is C26H29N5O3. The number of ether oxygens (including phenoxy) is 3. The number of hydrogen-bond acceptors (Lipinski definition) is 8. The van der Waals surface area contributed by atoms with Crippen molar-refractivity contribution < 1.29 is 14.2 Å². The van der Waals surface area contributed by atoms with Crippen LogP contribution in [0.4, 0.5) is 11.5 Å². The fraction of sp³-hybridized carbons (Fsp3) is 0.346. The molecule has 2 aromatic carbocycles. The molecule has 1 aliphatic carbocycles. The SMILES string of the molecule is CC1(Oc2ccc(N)c(C(=N)c3cc(N4CCOC(COc5ccccc5)C4)ncn3)c2)CC1. The molecule has 2 aliphatic rings. The molecule has 8 heteroatoms. The van der Waals surface area contributed by atoms with Crippen LogP contribution in [0.25, 0.3) is 0 Å². The van der Waals surface area contributed by atoms with Gasteiger partial charge in [-0.3, -0.25) is 5.41 Å². The average Bonchev–Trinajstić information content (AvgIpc) is 3.61. The molecule has 1 aliphatic heterocycles. The average molecular weight is 460 g/mol. The predicted octanol–water partition coefficient (Wildman–Crippen LogP) is 3.69. The van der Waals surface area contributed by atoms with E-state index in [2.05, 4.69) is 21.8 Å². The van der Waals surface area contributed by atoms with Gasteiger partial charge in [0, 0.05) is 30.4 Å². The molecule has 0 spiro atoms. The Labute approximate surface area is 199 Å². The fourth-order valence-corrected chi connectivity index (χ4v) is 3.91. The van der Waals surface area contributed by atoms with Gasteiger partial charge in [0.2, 0.25) is 0 Å². The number of aromatic nitrogens is 2. The lowest BCUT2D eigenvalue weighted by Gasteiger charge is -2.33. The second-order valence-corrected chi connectivity index (χ2v) is 9.00. The van der Waals surface area contributed by atoms with Gasteiger partial charge in [0.25, 0.3) is 0 Å². The smallest absolute Gasteiger partial charge is 0.132 e. The van der Waals surface area contributed by atoms with E-state index in [1.54, 1.807) is 6.07 Å². The lowest BCUT2D eigenvalue weighted by atomic mass is 10.0. The summed E-state index contributed by atoms with van der Waals surface area (Å²) in [7, 11) is 0. The molecule has 2 fully saturated rings. The highest BCUT2D eigenvalue weighted by atomic mass is 16.5. The summed E-state index contributed by atoms with van der Waals surface area (Å²) in [6.07, 6.45) is 3.48. The molecule has 176 valence electrons. The van der Waals surface area contributed by atoms with E-state index in [0.717, 1.165) is 30.2 Å². The zero-order valence-electron chi connectivity index (χ0n) is 19.2. The number of nitrogens with zero attached hydrogens (tertiary/aromatic N) is 3. The lowest BCUT2D eigenvalue weighted by Crippen LogP contribution is -2.45. The molecule has 3 N–H and O–H groups in total. The summed E-state index contributed by atoms with van der Waals surface area (Å²) in [6, 6.07) is 17.0. The standard InChI is InChI=1S/C26H29N5O3/c1-26(9-10-26)34-19-7-8-22(27)21(13-19)25(28)23-14-24(30-17-29-23)31-11-12-32-20(15-31)16-33-18-5-3-2-4-6-18/h2-8,13-14,17,20,28H,9-12,15-16,27H2,1H3. The zero-order valence-corrected chi connectivity index (χ0v) is 19.2. The number of rotatable bonds is 8. The number of para-hydroxylation sites is 1. The molecule has 1 unspecified atom stereocenters. The van der Waals surface area contributed by atoms with Gasteiger partial charge in [0.05, 0.1) is 18.0 Å². The van der Waals surface area contributed by atoms with Crippen LogP contribution in [0.1, 0.15) is 31.0 Å². The first-order valence-corrected chi connectivity index (χ1v) is 11.5. The first-order chi connectivity index (χ1) is 16.5. The minimum absolute atomic E-state index is 0.0833. The summed E-state index contributed by atoms with van der Waals surface area (Å²) in [6.45, 7) is 4.46. The molecule has 3 aromatic rings. The van der Waals surface area contributed by atoms with Crippen LogP contribution in [-0.2, 0) is 4.74 Å².